The fraction of sp³-hybridized carbons (Fsp3) is 0.286. The minimum absolute atomic E-state index is 0.0226. The Balaban J connectivity index is 1.88. The fourth-order valence-electron chi connectivity index (χ4n) is 2.05. The number of nitrogens with zero attached hydrogens (tertiary/aromatic N) is 1. The largest absolute Gasteiger partial charge is 0.481 e. The summed E-state index contributed by atoms with van der Waals surface area (Å²) in [7, 11) is 0. The van der Waals surface area contributed by atoms with Crippen LogP contribution in [0.1, 0.15) is 33.6 Å². The second kappa shape index (κ2) is 6.17. The molecule has 1 aliphatic heterocycles. The number of amides is 3. The van der Waals surface area contributed by atoms with E-state index in [-0.39, 0.29) is 25.9 Å². The van der Waals surface area contributed by atoms with E-state index in [0.29, 0.717) is 11.1 Å². The molecule has 0 radical (unpaired) electrons. The Hall–Kier alpha value is -2.70. The lowest BCUT2D eigenvalue weighted by Crippen LogP contribution is -2.35. The zero-order chi connectivity index (χ0) is 15.4. The summed E-state index contributed by atoms with van der Waals surface area (Å²) in [6.07, 6.45) is -0.218. The summed E-state index contributed by atoms with van der Waals surface area (Å²) in [5.74, 6) is -2.22. The van der Waals surface area contributed by atoms with Crippen molar-refractivity contribution in [3.05, 3.63) is 35.4 Å². The van der Waals surface area contributed by atoms with E-state index in [1.807, 2.05) is 0 Å². The molecule has 0 aliphatic carbocycles. The van der Waals surface area contributed by atoms with Crippen molar-refractivity contribution in [3.8, 4) is 0 Å². The summed E-state index contributed by atoms with van der Waals surface area (Å²) in [5.41, 5.74) is 0.683. The number of carboxylic acid groups (broad SMARTS) is 1. The maximum absolute atomic E-state index is 12.0. The van der Waals surface area contributed by atoms with E-state index < -0.39 is 23.7 Å². The van der Waals surface area contributed by atoms with Crippen LogP contribution in [-0.4, -0.2) is 46.8 Å². The molecule has 0 atom stereocenters. The highest BCUT2D eigenvalue weighted by Crippen LogP contribution is 2.22. The number of hydrogen-bond acceptors (Lipinski definition) is 4. The third kappa shape index (κ3) is 3.25. The van der Waals surface area contributed by atoms with Gasteiger partial charge in [-0.15, -0.1) is 0 Å². The molecule has 0 fully saturated rings. The first kappa shape index (κ1) is 14.7. The normalized spacial score (nSPS) is 13.2. The van der Waals surface area contributed by atoms with Crippen molar-refractivity contribution >= 4 is 23.7 Å². The minimum Gasteiger partial charge on any atom is -0.481 e. The summed E-state index contributed by atoms with van der Waals surface area (Å²) in [5, 5.41) is 10.9. The van der Waals surface area contributed by atoms with Gasteiger partial charge < -0.3 is 10.4 Å². The van der Waals surface area contributed by atoms with Gasteiger partial charge >= 0.3 is 5.97 Å². The predicted octanol–water partition coefficient (Wildman–Crippen LogP) is 0.264. The van der Waals surface area contributed by atoms with Gasteiger partial charge in [0.1, 0.15) is 0 Å². The van der Waals surface area contributed by atoms with Crippen LogP contribution < -0.4 is 5.32 Å². The van der Waals surface area contributed by atoms with E-state index in [4.69, 9.17) is 5.11 Å². The van der Waals surface area contributed by atoms with Crippen LogP contribution in [0.5, 0.6) is 0 Å². The number of carboxylic acids is 1. The Morgan fingerprint density at radius 3 is 2.14 bits per heavy atom. The molecule has 7 nitrogen and oxygen atoms in total. The third-order valence-electron chi connectivity index (χ3n) is 3.10. The van der Waals surface area contributed by atoms with Gasteiger partial charge in [0, 0.05) is 19.5 Å². The van der Waals surface area contributed by atoms with Crippen LogP contribution in [0.3, 0.4) is 0 Å². The monoisotopic (exact) mass is 290 g/mol. The second-order valence-electron chi connectivity index (χ2n) is 4.55. The van der Waals surface area contributed by atoms with E-state index in [9.17, 15) is 19.2 Å². The number of carbonyl (C=O) groups excluding carboxylic acids is 3. The van der Waals surface area contributed by atoms with Gasteiger partial charge in [-0.3, -0.25) is 24.1 Å². The molecular formula is C14H14N2O5. The van der Waals surface area contributed by atoms with Crippen LogP contribution in [-0.2, 0) is 9.59 Å². The number of benzene rings is 1. The van der Waals surface area contributed by atoms with Gasteiger partial charge in [0.25, 0.3) is 11.8 Å². The van der Waals surface area contributed by atoms with Crippen molar-refractivity contribution < 1.29 is 24.3 Å². The Morgan fingerprint density at radius 2 is 1.62 bits per heavy atom. The van der Waals surface area contributed by atoms with Gasteiger partial charge in [-0.1, -0.05) is 12.1 Å². The summed E-state index contributed by atoms with van der Waals surface area (Å²) in [6.45, 7) is 0.00152. The van der Waals surface area contributed by atoms with E-state index in [0.717, 1.165) is 4.90 Å². The number of imide groups is 1. The standard InChI is InChI=1S/C14H14N2O5/c17-11(15-7-5-12(18)19)6-8-16-13(20)9-3-1-2-4-10(9)14(16)21/h1-4H,5-8H2,(H,15,17)(H,18,19). The Kier molecular flexibility index (Phi) is 4.32. The van der Waals surface area contributed by atoms with E-state index in [1.54, 1.807) is 24.3 Å². The van der Waals surface area contributed by atoms with Crippen molar-refractivity contribution in [2.24, 2.45) is 0 Å². The highest BCUT2D eigenvalue weighted by molar-refractivity contribution is 6.21. The van der Waals surface area contributed by atoms with Gasteiger partial charge in [0.2, 0.25) is 5.91 Å². The molecule has 1 aromatic carbocycles. The number of fused-ring (bicyclic) bond motifs is 1. The molecule has 110 valence electrons. The van der Waals surface area contributed by atoms with Crippen molar-refractivity contribution in [1.82, 2.24) is 10.2 Å². The molecule has 0 aromatic heterocycles. The molecule has 0 spiro atoms. The number of hydrogen-bond donors (Lipinski definition) is 2. The first-order valence-corrected chi connectivity index (χ1v) is 6.44. The average molecular weight is 290 g/mol. The zero-order valence-corrected chi connectivity index (χ0v) is 11.2. The molecule has 21 heavy (non-hydrogen) atoms. The van der Waals surface area contributed by atoms with Crippen LogP contribution in [0.4, 0.5) is 0 Å². The maximum atomic E-state index is 12.0. The Bertz CT molecular complexity index is 576. The maximum Gasteiger partial charge on any atom is 0.305 e. The van der Waals surface area contributed by atoms with Crippen LogP contribution in [0.25, 0.3) is 0 Å². The molecule has 0 saturated carbocycles. The van der Waals surface area contributed by atoms with Crippen LogP contribution in [0, 0.1) is 0 Å². The molecule has 0 saturated heterocycles. The highest BCUT2D eigenvalue weighted by atomic mass is 16.4. The topological polar surface area (TPSA) is 104 Å². The SMILES string of the molecule is O=C(O)CCNC(=O)CCN1C(=O)c2ccccc2C1=O. The van der Waals surface area contributed by atoms with Gasteiger partial charge in [-0.25, -0.2) is 0 Å². The molecule has 3 amide bonds. The number of nitrogens with one attached hydrogen (secondary N) is 1. The third-order valence-corrected chi connectivity index (χ3v) is 3.10. The molecule has 1 aliphatic rings. The van der Waals surface area contributed by atoms with Crippen molar-refractivity contribution in [2.45, 2.75) is 12.8 Å². The smallest absolute Gasteiger partial charge is 0.305 e. The van der Waals surface area contributed by atoms with Crippen LogP contribution >= 0.6 is 0 Å². The van der Waals surface area contributed by atoms with Crippen LogP contribution in [0.2, 0.25) is 0 Å². The molecule has 0 bridgehead atoms. The molecule has 1 heterocycles. The number of rotatable bonds is 6. The summed E-state index contributed by atoms with van der Waals surface area (Å²) < 4.78 is 0. The fourth-order valence-corrected chi connectivity index (χ4v) is 2.05. The summed E-state index contributed by atoms with van der Waals surface area (Å²) in [4.78, 5) is 46.9. The predicted molar refractivity (Wildman–Crippen MR) is 71.7 cm³/mol. The Morgan fingerprint density at radius 1 is 1.05 bits per heavy atom. The highest BCUT2D eigenvalue weighted by Gasteiger charge is 2.34. The van der Waals surface area contributed by atoms with Crippen molar-refractivity contribution in [1.29, 1.82) is 0 Å². The zero-order valence-electron chi connectivity index (χ0n) is 11.2. The second-order valence-corrected chi connectivity index (χ2v) is 4.55. The lowest BCUT2D eigenvalue weighted by molar-refractivity contribution is -0.136. The van der Waals surface area contributed by atoms with Gasteiger partial charge in [0.15, 0.2) is 0 Å². The number of carbonyl (C=O) groups is 4. The van der Waals surface area contributed by atoms with E-state index in [2.05, 4.69) is 5.32 Å². The van der Waals surface area contributed by atoms with Crippen molar-refractivity contribution in [2.75, 3.05) is 13.1 Å². The molecule has 0 unspecified atom stereocenters. The van der Waals surface area contributed by atoms with E-state index in [1.165, 1.54) is 0 Å². The number of aliphatic carboxylic acids is 1. The van der Waals surface area contributed by atoms with E-state index >= 15 is 0 Å². The first-order valence-electron chi connectivity index (χ1n) is 6.44. The lowest BCUT2D eigenvalue weighted by Gasteiger charge is -2.13. The average Bonchev–Trinajstić information content (AvgIpc) is 2.69. The summed E-state index contributed by atoms with van der Waals surface area (Å²) >= 11 is 0. The minimum atomic E-state index is -1.00. The Labute approximate surface area is 120 Å². The molecule has 1 aromatic rings. The van der Waals surface area contributed by atoms with Gasteiger partial charge in [-0.05, 0) is 12.1 Å². The van der Waals surface area contributed by atoms with Gasteiger partial charge in [0.05, 0.1) is 17.5 Å². The first-order chi connectivity index (χ1) is 10.0. The quantitative estimate of drug-likeness (QED) is 0.732. The van der Waals surface area contributed by atoms with Crippen molar-refractivity contribution in [3.63, 3.8) is 0 Å². The lowest BCUT2D eigenvalue weighted by atomic mass is 10.1. The summed E-state index contributed by atoms with van der Waals surface area (Å²) in [6, 6.07) is 6.49. The van der Waals surface area contributed by atoms with Crippen LogP contribution in [0.15, 0.2) is 24.3 Å². The molecule has 2 N–H and O–H groups in total. The van der Waals surface area contributed by atoms with Gasteiger partial charge in [-0.2, -0.15) is 0 Å². The molecule has 7 heteroatoms. The molecular weight excluding hydrogens is 276 g/mol. The molecule has 2 rings (SSSR count).